The van der Waals surface area contributed by atoms with E-state index in [2.05, 4.69) is 21.7 Å². The summed E-state index contributed by atoms with van der Waals surface area (Å²) in [6.45, 7) is 2.50. The van der Waals surface area contributed by atoms with Gasteiger partial charge in [-0.15, -0.1) is 0 Å². The van der Waals surface area contributed by atoms with Crippen molar-refractivity contribution >= 4 is 29.4 Å². The zero-order valence-electron chi connectivity index (χ0n) is 15.1. The van der Waals surface area contributed by atoms with Crippen LogP contribution in [-0.2, 0) is 11.2 Å². The molecule has 0 aliphatic carbocycles. The van der Waals surface area contributed by atoms with Gasteiger partial charge in [0.2, 0.25) is 5.91 Å². The van der Waals surface area contributed by atoms with Crippen molar-refractivity contribution in [3.63, 3.8) is 0 Å². The van der Waals surface area contributed by atoms with Gasteiger partial charge in [0.1, 0.15) is 0 Å². The number of amides is 1. The molecule has 5 N–H and O–H groups in total. The van der Waals surface area contributed by atoms with Crippen molar-refractivity contribution in [2.24, 2.45) is 0 Å². The number of nitrogens with one attached hydrogen (secondary N) is 3. The highest BCUT2D eigenvalue weighted by Gasteiger charge is 2.33. The second-order valence-electron chi connectivity index (χ2n) is 6.85. The van der Waals surface area contributed by atoms with Gasteiger partial charge in [-0.05, 0) is 36.0 Å². The summed E-state index contributed by atoms with van der Waals surface area (Å²) in [5.41, 5.74) is 4.65. The van der Waals surface area contributed by atoms with Crippen LogP contribution in [0, 0.1) is 0 Å². The lowest BCUT2D eigenvalue weighted by Crippen LogP contribution is -2.49. The van der Waals surface area contributed by atoms with Gasteiger partial charge >= 0.3 is 7.12 Å². The zero-order valence-corrected chi connectivity index (χ0v) is 15.1. The van der Waals surface area contributed by atoms with E-state index >= 15 is 0 Å². The number of fused-ring (bicyclic) bond motifs is 3. The molecular formula is C20H22BN3O3. The normalized spacial score (nSPS) is 18.9. The quantitative estimate of drug-likeness (QED) is 0.438. The van der Waals surface area contributed by atoms with Crippen LogP contribution in [0.2, 0.25) is 0 Å². The maximum Gasteiger partial charge on any atom is 0.488 e. The summed E-state index contributed by atoms with van der Waals surface area (Å²) in [6.07, 6.45) is 0.620. The standard InChI is InChI=1S/C20H22BN3O3/c1-2-22-20(25)17-11-15-14-5-3-4-6-16(14)23-19(15)18(24-17)12-7-9-13(10-8-12)21(26)27/h3-10,17-18,23-24,26-27H,2,11H2,1H3,(H,22,25)/t17-,18?/m0/s1. The van der Waals surface area contributed by atoms with Crippen LogP contribution in [0.1, 0.15) is 29.8 Å². The van der Waals surface area contributed by atoms with E-state index < -0.39 is 7.12 Å². The molecule has 0 radical (unpaired) electrons. The highest BCUT2D eigenvalue weighted by Crippen LogP contribution is 2.35. The van der Waals surface area contributed by atoms with Gasteiger partial charge in [0.05, 0.1) is 12.1 Å². The lowest BCUT2D eigenvalue weighted by Gasteiger charge is -2.31. The van der Waals surface area contributed by atoms with E-state index in [0.717, 1.165) is 27.7 Å². The van der Waals surface area contributed by atoms with E-state index in [0.29, 0.717) is 18.4 Å². The van der Waals surface area contributed by atoms with Crippen molar-refractivity contribution in [1.82, 2.24) is 15.6 Å². The summed E-state index contributed by atoms with van der Waals surface area (Å²) in [7, 11) is -1.50. The van der Waals surface area contributed by atoms with Gasteiger partial charge in [0.15, 0.2) is 0 Å². The minimum Gasteiger partial charge on any atom is -0.423 e. The monoisotopic (exact) mass is 363 g/mol. The molecule has 4 rings (SSSR count). The van der Waals surface area contributed by atoms with Crippen LogP contribution in [0.15, 0.2) is 48.5 Å². The van der Waals surface area contributed by atoms with Gasteiger partial charge in [-0.2, -0.15) is 0 Å². The molecule has 1 unspecified atom stereocenters. The Morgan fingerprint density at radius 1 is 1.19 bits per heavy atom. The average molecular weight is 363 g/mol. The number of benzene rings is 2. The van der Waals surface area contributed by atoms with E-state index in [1.54, 1.807) is 12.1 Å². The number of H-pyrrole nitrogens is 1. The smallest absolute Gasteiger partial charge is 0.423 e. The molecule has 27 heavy (non-hydrogen) atoms. The summed E-state index contributed by atoms with van der Waals surface area (Å²) in [5, 5.41) is 26.2. The van der Waals surface area contributed by atoms with Crippen LogP contribution in [0.25, 0.3) is 10.9 Å². The Bertz CT molecular complexity index is 968. The van der Waals surface area contributed by atoms with Gasteiger partial charge < -0.3 is 20.3 Å². The molecule has 1 amide bonds. The number of hydrogen-bond acceptors (Lipinski definition) is 4. The van der Waals surface area contributed by atoms with Gasteiger partial charge in [0, 0.05) is 23.1 Å². The number of hydrogen-bond donors (Lipinski definition) is 5. The van der Waals surface area contributed by atoms with Crippen LogP contribution in [0.3, 0.4) is 0 Å². The lowest BCUT2D eigenvalue weighted by atomic mass is 9.79. The van der Waals surface area contributed by atoms with Crippen molar-refractivity contribution < 1.29 is 14.8 Å². The number of para-hydroxylation sites is 1. The number of carbonyl (C=O) groups is 1. The molecule has 1 aliphatic rings. The third kappa shape index (κ3) is 3.25. The third-order valence-electron chi connectivity index (χ3n) is 5.15. The van der Waals surface area contributed by atoms with E-state index in [9.17, 15) is 14.8 Å². The zero-order chi connectivity index (χ0) is 19.0. The molecular weight excluding hydrogens is 341 g/mol. The van der Waals surface area contributed by atoms with Gasteiger partial charge in [-0.25, -0.2) is 0 Å². The number of aromatic nitrogens is 1. The van der Waals surface area contributed by atoms with Crippen LogP contribution in [0.4, 0.5) is 0 Å². The molecule has 1 aromatic heterocycles. The molecule has 2 aromatic carbocycles. The lowest BCUT2D eigenvalue weighted by molar-refractivity contribution is -0.123. The van der Waals surface area contributed by atoms with Gasteiger partial charge in [0.25, 0.3) is 0 Å². The Morgan fingerprint density at radius 2 is 1.93 bits per heavy atom. The van der Waals surface area contributed by atoms with E-state index in [1.165, 1.54) is 0 Å². The largest absolute Gasteiger partial charge is 0.488 e. The van der Waals surface area contributed by atoms with Gasteiger partial charge in [-0.1, -0.05) is 42.5 Å². The number of aromatic amines is 1. The number of likely N-dealkylation sites (N-methyl/N-ethyl adjacent to an activating group) is 1. The second kappa shape index (κ2) is 7.19. The van der Waals surface area contributed by atoms with Crippen molar-refractivity contribution in [2.45, 2.75) is 25.4 Å². The second-order valence-corrected chi connectivity index (χ2v) is 6.85. The van der Waals surface area contributed by atoms with E-state index in [4.69, 9.17) is 0 Å². The highest BCUT2D eigenvalue weighted by atomic mass is 16.4. The first kappa shape index (κ1) is 17.8. The minimum absolute atomic E-state index is 0.0131. The summed E-state index contributed by atoms with van der Waals surface area (Å²) in [6, 6.07) is 14.7. The summed E-state index contributed by atoms with van der Waals surface area (Å²) in [5.74, 6) is -0.0131. The highest BCUT2D eigenvalue weighted by molar-refractivity contribution is 6.58. The minimum atomic E-state index is -1.50. The molecule has 2 atom stereocenters. The molecule has 0 saturated heterocycles. The average Bonchev–Trinajstić information content (AvgIpc) is 3.06. The Labute approximate surface area is 157 Å². The molecule has 1 aliphatic heterocycles. The van der Waals surface area contributed by atoms with Crippen molar-refractivity contribution in [3.05, 3.63) is 65.4 Å². The molecule has 6 nitrogen and oxygen atoms in total. The van der Waals surface area contributed by atoms with Crippen molar-refractivity contribution in [3.8, 4) is 0 Å². The first-order chi connectivity index (χ1) is 13.1. The van der Waals surface area contributed by atoms with Gasteiger partial charge in [-0.3, -0.25) is 10.1 Å². The number of carbonyl (C=O) groups excluding carboxylic acids is 1. The summed E-state index contributed by atoms with van der Waals surface area (Å²) in [4.78, 5) is 16.0. The first-order valence-corrected chi connectivity index (χ1v) is 9.17. The van der Waals surface area contributed by atoms with Crippen LogP contribution >= 0.6 is 0 Å². The van der Waals surface area contributed by atoms with Crippen LogP contribution in [0.5, 0.6) is 0 Å². The molecule has 138 valence electrons. The molecule has 0 saturated carbocycles. The fourth-order valence-electron chi connectivity index (χ4n) is 3.82. The molecule has 3 aromatic rings. The maximum atomic E-state index is 12.5. The molecule has 2 heterocycles. The fourth-order valence-corrected chi connectivity index (χ4v) is 3.82. The third-order valence-corrected chi connectivity index (χ3v) is 5.15. The predicted molar refractivity (Wildman–Crippen MR) is 106 cm³/mol. The van der Waals surface area contributed by atoms with Crippen LogP contribution in [-0.4, -0.2) is 40.6 Å². The fraction of sp³-hybridized carbons (Fsp3) is 0.250. The van der Waals surface area contributed by atoms with E-state index in [1.807, 2.05) is 37.3 Å². The van der Waals surface area contributed by atoms with E-state index in [-0.39, 0.29) is 18.0 Å². The Hall–Kier alpha value is -2.61. The van der Waals surface area contributed by atoms with Crippen molar-refractivity contribution in [1.29, 1.82) is 0 Å². The molecule has 7 heteroatoms. The summed E-state index contributed by atoms with van der Waals surface area (Å²) >= 11 is 0. The molecule has 0 spiro atoms. The molecule has 0 fully saturated rings. The Balaban J connectivity index is 1.79. The number of rotatable bonds is 4. The Morgan fingerprint density at radius 3 is 2.63 bits per heavy atom. The maximum absolute atomic E-state index is 12.5. The SMILES string of the molecule is CCNC(=O)[C@@H]1Cc2c([nH]c3ccccc23)C(c2ccc(B(O)O)cc2)N1. The Kier molecular flexibility index (Phi) is 4.74. The topological polar surface area (TPSA) is 97.4 Å². The van der Waals surface area contributed by atoms with Crippen LogP contribution < -0.4 is 16.1 Å². The van der Waals surface area contributed by atoms with Crippen molar-refractivity contribution in [2.75, 3.05) is 6.54 Å². The summed E-state index contributed by atoms with van der Waals surface area (Å²) < 4.78 is 0. The first-order valence-electron chi connectivity index (χ1n) is 9.17. The molecule has 0 bridgehead atoms. The predicted octanol–water partition coefficient (Wildman–Crippen LogP) is 0.587.